The molecule has 4 rings (SSSR count). The number of carbonyl (C=O) groups excluding carboxylic acids is 2. The van der Waals surface area contributed by atoms with Gasteiger partial charge < -0.3 is 9.64 Å². The number of hydrogen-bond acceptors (Lipinski definition) is 6. The number of allylic oxidation sites excluding steroid dienone is 2. The van der Waals surface area contributed by atoms with Crippen LogP contribution in [-0.4, -0.2) is 54.8 Å². The monoisotopic (exact) mass is 472 g/mol. The fraction of sp³-hybridized carbons (Fsp3) is 0.435. The van der Waals surface area contributed by atoms with E-state index in [0.717, 1.165) is 30.4 Å². The van der Waals surface area contributed by atoms with E-state index in [1.807, 2.05) is 13.0 Å². The van der Waals surface area contributed by atoms with Crippen LogP contribution in [-0.2, 0) is 16.4 Å². The standard InChI is InChI=1S/C23H28N4O5S/c1-14-11-16-12-20(24-27(16)22(28)15(14)2)21-7-5-6-10-26(21)23(29)18-13-17(32-3)8-9-19(18)25-33(4,30)31/h8-9,12-13,21,25H,5-7,10-11H2,1-4H3/t21-/m0/s1. The van der Waals surface area contributed by atoms with Gasteiger partial charge in [0.15, 0.2) is 0 Å². The molecule has 1 N–H and O–H groups in total. The summed E-state index contributed by atoms with van der Waals surface area (Å²) >= 11 is 0. The zero-order valence-electron chi connectivity index (χ0n) is 19.2. The summed E-state index contributed by atoms with van der Waals surface area (Å²) in [4.78, 5) is 28.1. The largest absolute Gasteiger partial charge is 0.497 e. The van der Waals surface area contributed by atoms with E-state index in [-0.39, 0.29) is 29.1 Å². The van der Waals surface area contributed by atoms with Crippen molar-refractivity contribution in [3.05, 3.63) is 52.4 Å². The van der Waals surface area contributed by atoms with Crippen LogP contribution >= 0.6 is 0 Å². The number of benzene rings is 1. The Morgan fingerprint density at radius 3 is 2.67 bits per heavy atom. The molecule has 1 saturated heterocycles. The Balaban J connectivity index is 1.71. The Hall–Kier alpha value is -3.14. The lowest BCUT2D eigenvalue weighted by Gasteiger charge is -2.35. The lowest BCUT2D eigenvalue weighted by molar-refractivity contribution is 0.0606. The number of hydrogen-bond donors (Lipinski definition) is 1. The number of sulfonamides is 1. The van der Waals surface area contributed by atoms with Gasteiger partial charge in [-0.15, -0.1) is 0 Å². The summed E-state index contributed by atoms with van der Waals surface area (Å²) < 4.78 is 32.9. The molecule has 1 aromatic heterocycles. The van der Waals surface area contributed by atoms with Crippen molar-refractivity contribution < 1.29 is 22.7 Å². The van der Waals surface area contributed by atoms with Crippen LogP contribution < -0.4 is 9.46 Å². The summed E-state index contributed by atoms with van der Waals surface area (Å²) in [5.41, 5.74) is 3.61. The number of methoxy groups -OCH3 is 1. The summed E-state index contributed by atoms with van der Waals surface area (Å²) in [6.07, 6.45) is 4.14. The van der Waals surface area contributed by atoms with Gasteiger partial charge in [-0.2, -0.15) is 5.10 Å². The molecule has 0 aliphatic carbocycles. The number of likely N-dealkylation sites (tertiary alicyclic amines) is 1. The molecule has 0 saturated carbocycles. The Labute approximate surface area is 193 Å². The summed E-state index contributed by atoms with van der Waals surface area (Å²) in [5, 5.41) is 4.59. The van der Waals surface area contributed by atoms with Crippen LogP contribution in [0.4, 0.5) is 5.69 Å². The van der Waals surface area contributed by atoms with Gasteiger partial charge in [-0.3, -0.25) is 14.3 Å². The molecule has 176 valence electrons. The van der Waals surface area contributed by atoms with E-state index >= 15 is 0 Å². The molecule has 0 radical (unpaired) electrons. The molecule has 1 atom stereocenters. The van der Waals surface area contributed by atoms with E-state index in [2.05, 4.69) is 9.82 Å². The highest BCUT2D eigenvalue weighted by Crippen LogP contribution is 2.35. The maximum Gasteiger partial charge on any atom is 0.274 e. The lowest BCUT2D eigenvalue weighted by Crippen LogP contribution is -2.39. The van der Waals surface area contributed by atoms with E-state index in [1.54, 1.807) is 24.0 Å². The minimum absolute atomic E-state index is 0.138. The van der Waals surface area contributed by atoms with Crippen molar-refractivity contribution >= 4 is 27.5 Å². The van der Waals surface area contributed by atoms with Crippen LogP contribution in [0.25, 0.3) is 0 Å². The molecule has 2 aliphatic heterocycles. The molecule has 1 fully saturated rings. The number of nitrogens with zero attached hydrogens (tertiary/aromatic N) is 3. The lowest BCUT2D eigenvalue weighted by atomic mass is 9.96. The first-order chi connectivity index (χ1) is 15.6. The summed E-state index contributed by atoms with van der Waals surface area (Å²) in [6.45, 7) is 4.25. The van der Waals surface area contributed by atoms with Crippen LogP contribution in [0.15, 0.2) is 35.4 Å². The number of anilines is 1. The van der Waals surface area contributed by atoms with Crippen LogP contribution in [0.5, 0.6) is 5.75 Å². The second-order valence-electron chi connectivity index (χ2n) is 8.66. The molecule has 1 amide bonds. The molecule has 2 aromatic rings. The number of amides is 1. The predicted molar refractivity (Wildman–Crippen MR) is 124 cm³/mol. The van der Waals surface area contributed by atoms with E-state index in [9.17, 15) is 18.0 Å². The Morgan fingerprint density at radius 1 is 1.21 bits per heavy atom. The van der Waals surface area contributed by atoms with Crippen molar-refractivity contribution in [2.24, 2.45) is 0 Å². The number of aromatic nitrogens is 2. The van der Waals surface area contributed by atoms with Gasteiger partial charge in [0.2, 0.25) is 10.0 Å². The first kappa shape index (κ1) is 23.0. The van der Waals surface area contributed by atoms with E-state index in [4.69, 9.17) is 4.74 Å². The number of fused-ring (bicyclic) bond motifs is 1. The summed E-state index contributed by atoms with van der Waals surface area (Å²) in [7, 11) is -2.10. The topological polar surface area (TPSA) is 111 Å². The van der Waals surface area contributed by atoms with Crippen LogP contribution in [0.3, 0.4) is 0 Å². The molecular weight excluding hydrogens is 444 g/mol. The van der Waals surface area contributed by atoms with Crippen molar-refractivity contribution in [1.82, 2.24) is 14.7 Å². The second kappa shape index (κ2) is 8.66. The molecule has 0 unspecified atom stereocenters. The predicted octanol–water partition coefficient (Wildman–Crippen LogP) is 3.16. The molecule has 0 bridgehead atoms. The van der Waals surface area contributed by atoms with Crippen molar-refractivity contribution in [1.29, 1.82) is 0 Å². The van der Waals surface area contributed by atoms with Gasteiger partial charge in [0.05, 0.1) is 42.0 Å². The molecule has 2 aliphatic rings. The van der Waals surface area contributed by atoms with Gasteiger partial charge in [-0.25, -0.2) is 13.1 Å². The van der Waals surface area contributed by atoms with E-state index < -0.39 is 10.0 Å². The minimum atomic E-state index is -3.59. The van der Waals surface area contributed by atoms with Crippen LogP contribution in [0, 0.1) is 0 Å². The third-order valence-corrected chi connectivity index (χ3v) is 6.85. The number of carbonyl (C=O) groups is 2. The normalized spacial score (nSPS) is 18.8. The number of rotatable bonds is 5. The third kappa shape index (κ3) is 4.52. The fourth-order valence-electron chi connectivity index (χ4n) is 4.40. The Kier molecular flexibility index (Phi) is 6.04. The average molecular weight is 473 g/mol. The first-order valence-electron chi connectivity index (χ1n) is 10.9. The molecule has 10 heteroatoms. The van der Waals surface area contributed by atoms with Crippen LogP contribution in [0.1, 0.15) is 65.7 Å². The molecule has 33 heavy (non-hydrogen) atoms. The quantitative estimate of drug-likeness (QED) is 0.716. The van der Waals surface area contributed by atoms with Crippen molar-refractivity contribution in [3.63, 3.8) is 0 Å². The van der Waals surface area contributed by atoms with Gasteiger partial charge in [0.1, 0.15) is 5.75 Å². The number of piperidine rings is 1. The third-order valence-electron chi connectivity index (χ3n) is 6.26. The van der Waals surface area contributed by atoms with Gasteiger partial charge in [0.25, 0.3) is 11.8 Å². The molecule has 3 heterocycles. The highest BCUT2D eigenvalue weighted by Gasteiger charge is 2.34. The SMILES string of the molecule is COc1ccc(NS(C)(=O)=O)c(C(=O)N2CCCC[C@H]2c2cc3n(n2)C(=O)C(C)=C(C)C3)c1. The molecule has 1 aromatic carbocycles. The maximum absolute atomic E-state index is 13.7. The molecule has 0 spiro atoms. The average Bonchev–Trinajstić information content (AvgIpc) is 3.20. The van der Waals surface area contributed by atoms with Gasteiger partial charge in [-0.1, -0.05) is 5.57 Å². The molecule has 9 nitrogen and oxygen atoms in total. The summed E-state index contributed by atoms with van der Waals surface area (Å²) in [6, 6.07) is 6.27. The maximum atomic E-state index is 13.7. The zero-order chi connectivity index (χ0) is 23.9. The Morgan fingerprint density at radius 2 is 1.97 bits per heavy atom. The van der Waals surface area contributed by atoms with Gasteiger partial charge in [0, 0.05) is 18.5 Å². The van der Waals surface area contributed by atoms with Gasteiger partial charge >= 0.3 is 0 Å². The highest BCUT2D eigenvalue weighted by molar-refractivity contribution is 7.92. The number of ether oxygens (including phenoxy) is 1. The number of nitrogens with one attached hydrogen (secondary N) is 1. The minimum Gasteiger partial charge on any atom is -0.497 e. The zero-order valence-corrected chi connectivity index (χ0v) is 20.0. The molecular formula is C23H28N4O5S. The Bertz CT molecular complexity index is 1260. The second-order valence-corrected chi connectivity index (χ2v) is 10.4. The summed E-state index contributed by atoms with van der Waals surface area (Å²) in [5.74, 6) is -0.000285. The van der Waals surface area contributed by atoms with E-state index in [0.29, 0.717) is 36.4 Å². The smallest absolute Gasteiger partial charge is 0.274 e. The first-order valence-corrected chi connectivity index (χ1v) is 12.7. The fourth-order valence-corrected chi connectivity index (χ4v) is 4.98. The van der Waals surface area contributed by atoms with Crippen molar-refractivity contribution in [2.75, 3.05) is 24.6 Å². The van der Waals surface area contributed by atoms with Crippen molar-refractivity contribution in [2.45, 2.75) is 45.6 Å². The highest BCUT2D eigenvalue weighted by atomic mass is 32.2. The van der Waals surface area contributed by atoms with E-state index in [1.165, 1.54) is 17.9 Å². The van der Waals surface area contributed by atoms with Crippen LogP contribution in [0.2, 0.25) is 0 Å². The van der Waals surface area contributed by atoms with Crippen molar-refractivity contribution in [3.8, 4) is 5.75 Å². The van der Waals surface area contributed by atoms with Gasteiger partial charge in [-0.05, 0) is 57.4 Å².